The molecule has 0 rings (SSSR count). The number of esters is 1. The second kappa shape index (κ2) is 8.34. The van der Waals surface area contributed by atoms with Gasteiger partial charge < -0.3 is 9.47 Å². The summed E-state index contributed by atoms with van der Waals surface area (Å²) in [7, 11) is 1.38. The molecule has 94 valence electrons. The predicted molar refractivity (Wildman–Crippen MR) is 65.3 cm³/mol. The minimum Gasteiger partial charge on any atom is -0.467 e. The molecule has 0 aromatic heterocycles. The lowest BCUT2D eigenvalue weighted by Crippen LogP contribution is -2.36. The molecule has 0 aromatic rings. The number of hydrogen-bond acceptors (Lipinski definition) is 3. The zero-order valence-corrected chi connectivity index (χ0v) is 10.8. The zero-order chi connectivity index (χ0) is 12.4. The fourth-order valence-electron chi connectivity index (χ4n) is 1.38. The van der Waals surface area contributed by atoms with Crippen LogP contribution in [0, 0.1) is 0 Å². The molecule has 0 aromatic carbocycles. The number of ether oxygens (including phenoxy) is 2. The lowest BCUT2D eigenvalue weighted by atomic mass is 10.1. The molecule has 0 spiro atoms. The second-order valence-corrected chi connectivity index (χ2v) is 4.34. The van der Waals surface area contributed by atoms with Gasteiger partial charge in [-0.15, -0.1) is 6.58 Å². The van der Waals surface area contributed by atoms with Gasteiger partial charge in [0.2, 0.25) is 0 Å². The van der Waals surface area contributed by atoms with Gasteiger partial charge in [-0.2, -0.15) is 0 Å². The molecular formula is C13H24O3. The van der Waals surface area contributed by atoms with E-state index in [4.69, 9.17) is 4.74 Å². The third-order valence-corrected chi connectivity index (χ3v) is 2.44. The molecule has 0 amide bonds. The van der Waals surface area contributed by atoms with Crippen LogP contribution >= 0.6 is 0 Å². The standard InChI is InChI=1S/C13H24O3/c1-5-6-7-8-9-10-11-16-13(2,3)12(14)15-4/h5H,1,6-11H2,2-4H3. The molecular weight excluding hydrogens is 204 g/mol. The topological polar surface area (TPSA) is 35.5 Å². The highest BCUT2D eigenvalue weighted by Gasteiger charge is 2.29. The summed E-state index contributed by atoms with van der Waals surface area (Å²) in [5.74, 6) is -0.320. The first kappa shape index (κ1) is 15.2. The Morgan fingerprint density at radius 1 is 1.25 bits per heavy atom. The van der Waals surface area contributed by atoms with Crippen molar-refractivity contribution in [1.82, 2.24) is 0 Å². The van der Waals surface area contributed by atoms with Gasteiger partial charge in [0.05, 0.1) is 7.11 Å². The number of hydrogen-bond donors (Lipinski definition) is 0. The maximum absolute atomic E-state index is 11.3. The summed E-state index contributed by atoms with van der Waals surface area (Å²) in [6.45, 7) is 7.75. The van der Waals surface area contributed by atoms with Crippen LogP contribution in [0.3, 0.4) is 0 Å². The van der Waals surface area contributed by atoms with Crippen LogP contribution in [0.2, 0.25) is 0 Å². The zero-order valence-electron chi connectivity index (χ0n) is 10.8. The summed E-state index contributed by atoms with van der Waals surface area (Å²) in [6.07, 6.45) is 7.51. The van der Waals surface area contributed by atoms with E-state index in [2.05, 4.69) is 11.3 Å². The molecule has 0 heterocycles. The molecule has 0 N–H and O–H groups in total. The van der Waals surface area contributed by atoms with Gasteiger partial charge in [-0.1, -0.05) is 18.9 Å². The average Bonchev–Trinajstić information content (AvgIpc) is 2.26. The summed E-state index contributed by atoms with van der Waals surface area (Å²) in [6, 6.07) is 0. The van der Waals surface area contributed by atoms with E-state index in [1.807, 2.05) is 6.08 Å². The summed E-state index contributed by atoms with van der Waals surface area (Å²) < 4.78 is 10.1. The lowest BCUT2D eigenvalue weighted by molar-refractivity contribution is -0.165. The van der Waals surface area contributed by atoms with Crippen LogP contribution in [0.4, 0.5) is 0 Å². The summed E-state index contributed by atoms with van der Waals surface area (Å²) in [5.41, 5.74) is -0.824. The Balaban J connectivity index is 3.50. The third-order valence-electron chi connectivity index (χ3n) is 2.44. The average molecular weight is 228 g/mol. The molecule has 3 nitrogen and oxygen atoms in total. The van der Waals surface area contributed by atoms with E-state index in [1.165, 1.54) is 20.0 Å². The quantitative estimate of drug-likeness (QED) is 0.345. The predicted octanol–water partition coefficient (Wildman–Crippen LogP) is 3.09. The number of carbonyl (C=O) groups excluding carboxylic acids is 1. The van der Waals surface area contributed by atoms with Crippen molar-refractivity contribution >= 4 is 5.97 Å². The molecule has 0 saturated heterocycles. The van der Waals surface area contributed by atoms with E-state index >= 15 is 0 Å². The molecule has 16 heavy (non-hydrogen) atoms. The first-order valence-corrected chi connectivity index (χ1v) is 5.88. The Bertz CT molecular complexity index is 209. The minimum atomic E-state index is -0.824. The molecule has 0 aliphatic rings. The van der Waals surface area contributed by atoms with Gasteiger partial charge in [0.25, 0.3) is 0 Å². The fourth-order valence-corrected chi connectivity index (χ4v) is 1.38. The van der Waals surface area contributed by atoms with E-state index in [1.54, 1.807) is 13.8 Å². The van der Waals surface area contributed by atoms with Crippen LogP contribution in [-0.2, 0) is 14.3 Å². The highest BCUT2D eigenvalue weighted by atomic mass is 16.6. The second-order valence-electron chi connectivity index (χ2n) is 4.34. The number of methoxy groups -OCH3 is 1. The van der Waals surface area contributed by atoms with Gasteiger partial charge in [-0.25, -0.2) is 4.79 Å². The van der Waals surface area contributed by atoms with Crippen molar-refractivity contribution in [2.45, 2.75) is 51.6 Å². The number of allylic oxidation sites excluding steroid dienone is 1. The monoisotopic (exact) mass is 228 g/mol. The maximum atomic E-state index is 11.3. The van der Waals surface area contributed by atoms with Crippen LogP contribution < -0.4 is 0 Å². The molecule has 0 bridgehead atoms. The first-order chi connectivity index (χ1) is 7.54. The number of rotatable bonds is 9. The Kier molecular flexibility index (Phi) is 7.90. The highest BCUT2D eigenvalue weighted by Crippen LogP contribution is 2.12. The molecule has 0 radical (unpaired) electrons. The van der Waals surface area contributed by atoms with Crippen LogP contribution in [0.25, 0.3) is 0 Å². The van der Waals surface area contributed by atoms with Gasteiger partial charge in [0.1, 0.15) is 0 Å². The van der Waals surface area contributed by atoms with E-state index in [-0.39, 0.29) is 5.97 Å². The van der Waals surface area contributed by atoms with Gasteiger partial charge in [0.15, 0.2) is 5.60 Å². The summed E-state index contributed by atoms with van der Waals surface area (Å²) in [4.78, 5) is 11.3. The van der Waals surface area contributed by atoms with E-state index in [0.29, 0.717) is 6.61 Å². The van der Waals surface area contributed by atoms with Gasteiger partial charge in [-0.3, -0.25) is 0 Å². The third kappa shape index (κ3) is 6.62. The summed E-state index contributed by atoms with van der Waals surface area (Å²) >= 11 is 0. The molecule has 0 saturated carbocycles. The highest BCUT2D eigenvalue weighted by molar-refractivity contribution is 5.78. The molecule has 0 aliphatic heterocycles. The van der Waals surface area contributed by atoms with Crippen LogP contribution in [0.5, 0.6) is 0 Å². The molecule has 0 fully saturated rings. The van der Waals surface area contributed by atoms with Crippen molar-refractivity contribution < 1.29 is 14.3 Å². The molecule has 0 atom stereocenters. The Morgan fingerprint density at radius 3 is 2.44 bits per heavy atom. The first-order valence-electron chi connectivity index (χ1n) is 5.88. The van der Waals surface area contributed by atoms with E-state index < -0.39 is 5.60 Å². The van der Waals surface area contributed by atoms with Gasteiger partial charge in [-0.05, 0) is 33.1 Å². The lowest BCUT2D eigenvalue weighted by Gasteiger charge is -2.21. The normalized spacial score (nSPS) is 11.2. The smallest absolute Gasteiger partial charge is 0.337 e. The Morgan fingerprint density at radius 2 is 1.88 bits per heavy atom. The van der Waals surface area contributed by atoms with Gasteiger partial charge in [0, 0.05) is 6.61 Å². The number of unbranched alkanes of at least 4 members (excludes halogenated alkanes) is 4. The van der Waals surface area contributed by atoms with Crippen LogP contribution in [-0.4, -0.2) is 25.3 Å². The Labute approximate surface area is 98.8 Å². The maximum Gasteiger partial charge on any atom is 0.337 e. The molecule has 0 unspecified atom stereocenters. The van der Waals surface area contributed by atoms with Gasteiger partial charge >= 0.3 is 5.97 Å². The van der Waals surface area contributed by atoms with Crippen molar-refractivity contribution in [3.8, 4) is 0 Å². The van der Waals surface area contributed by atoms with Crippen molar-refractivity contribution in [2.24, 2.45) is 0 Å². The Hall–Kier alpha value is -0.830. The minimum absolute atomic E-state index is 0.320. The van der Waals surface area contributed by atoms with Crippen LogP contribution in [0.15, 0.2) is 12.7 Å². The van der Waals surface area contributed by atoms with Crippen LogP contribution in [0.1, 0.15) is 46.0 Å². The van der Waals surface area contributed by atoms with Crippen molar-refractivity contribution in [2.75, 3.05) is 13.7 Å². The largest absolute Gasteiger partial charge is 0.467 e. The fraction of sp³-hybridized carbons (Fsp3) is 0.769. The van der Waals surface area contributed by atoms with Crippen molar-refractivity contribution in [3.05, 3.63) is 12.7 Å². The van der Waals surface area contributed by atoms with Crippen molar-refractivity contribution in [3.63, 3.8) is 0 Å². The number of carbonyl (C=O) groups is 1. The van der Waals surface area contributed by atoms with E-state index in [0.717, 1.165) is 19.3 Å². The van der Waals surface area contributed by atoms with Crippen molar-refractivity contribution in [1.29, 1.82) is 0 Å². The van der Waals surface area contributed by atoms with E-state index in [9.17, 15) is 4.79 Å². The summed E-state index contributed by atoms with van der Waals surface area (Å²) in [5, 5.41) is 0. The SMILES string of the molecule is C=CCCCCCCOC(C)(C)C(=O)OC. The molecule has 3 heteroatoms. The molecule has 0 aliphatic carbocycles.